The molecule has 1 rings (SSSR count). The number of aromatic nitrogens is 1. The summed E-state index contributed by atoms with van der Waals surface area (Å²) in [5.74, 6) is -0.426. The molecule has 1 aromatic heterocycles. The Labute approximate surface area is 76.0 Å². The van der Waals surface area contributed by atoms with Crippen molar-refractivity contribution in [1.29, 1.82) is 0 Å². The molecule has 1 aromatic rings. The van der Waals surface area contributed by atoms with Crippen LogP contribution in [0.1, 0.15) is 5.69 Å². The Bertz CT molecular complexity index is 334. The molecule has 1 heterocycles. The van der Waals surface area contributed by atoms with Gasteiger partial charge in [0.05, 0.1) is 18.5 Å². The van der Waals surface area contributed by atoms with E-state index >= 15 is 0 Å². The summed E-state index contributed by atoms with van der Waals surface area (Å²) in [5.41, 5.74) is 6.68. The summed E-state index contributed by atoms with van der Waals surface area (Å²) in [6.07, 6.45) is 4.40. The minimum Gasteiger partial charge on any atom is -0.466 e. The van der Waals surface area contributed by atoms with Crippen molar-refractivity contribution in [3.05, 3.63) is 30.1 Å². The fourth-order valence-corrected chi connectivity index (χ4v) is 0.784. The van der Waals surface area contributed by atoms with Crippen molar-refractivity contribution < 1.29 is 9.53 Å². The molecule has 0 bridgehead atoms. The number of anilines is 1. The standard InChI is InChI=1S/C9H10N2O2/c1-13-9(12)5-4-8-7(10)3-2-6-11-8/h2-6H,10H2,1H3. The van der Waals surface area contributed by atoms with E-state index < -0.39 is 5.97 Å². The van der Waals surface area contributed by atoms with Crippen LogP contribution in [0.15, 0.2) is 24.4 Å². The van der Waals surface area contributed by atoms with Crippen LogP contribution in [0.25, 0.3) is 6.08 Å². The van der Waals surface area contributed by atoms with Crippen LogP contribution in [-0.4, -0.2) is 18.1 Å². The van der Waals surface area contributed by atoms with E-state index in [1.54, 1.807) is 18.3 Å². The van der Waals surface area contributed by atoms with Crippen molar-refractivity contribution in [3.63, 3.8) is 0 Å². The Morgan fingerprint density at radius 2 is 2.46 bits per heavy atom. The topological polar surface area (TPSA) is 65.2 Å². The number of nitrogens with two attached hydrogens (primary N) is 1. The maximum Gasteiger partial charge on any atom is 0.330 e. The van der Waals surface area contributed by atoms with Crippen molar-refractivity contribution in [1.82, 2.24) is 4.98 Å². The second kappa shape index (κ2) is 4.25. The molecule has 0 atom stereocenters. The minimum atomic E-state index is -0.426. The lowest BCUT2D eigenvalue weighted by Crippen LogP contribution is -1.95. The fraction of sp³-hybridized carbons (Fsp3) is 0.111. The largest absolute Gasteiger partial charge is 0.466 e. The molecule has 0 aromatic carbocycles. The van der Waals surface area contributed by atoms with Crippen LogP contribution in [0.2, 0.25) is 0 Å². The molecule has 68 valence electrons. The van der Waals surface area contributed by atoms with Gasteiger partial charge in [-0.15, -0.1) is 0 Å². The van der Waals surface area contributed by atoms with Gasteiger partial charge >= 0.3 is 5.97 Å². The zero-order chi connectivity index (χ0) is 9.68. The first-order valence-electron chi connectivity index (χ1n) is 3.70. The van der Waals surface area contributed by atoms with Crippen molar-refractivity contribution in [2.45, 2.75) is 0 Å². The van der Waals surface area contributed by atoms with Crippen molar-refractivity contribution >= 4 is 17.7 Å². The van der Waals surface area contributed by atoms with Gasteiger partial charge in [-0.05, 0) is 18.2 Å². The molecule has 0 fully saturated rings. The van der Waals surface area contributed by atoms with Crippen molar-refractivity contribution in [2.75, 3.05) is 12.8 Å². The van der Waals surface area contributed by atoms with Crippen LogP contribution in [0.3, 0.4) is 0 Å². The van der Waals surface area contributed by atoms with Gasteiger partial charge in [0.2, 0.25) is 0 Å². The first-order valence-corrected chi connectivity index (χ1v) is 3.70. The Kier molecular flexibility index (Phi) is 3.03. The third-order valence-electron chi connectivity index (χ3n) is 1.45. The Hall–Kier alpha value is -1.84. The van der Waals surface area contributed by atoms with E-state index in [-0.39, 0.29) is 0 Å². The molecule has 4 heteroatoms. The first kappa shape index (κ1) is 9.25. The van der Waals surface area contributed by atoms with Gasteiger partial charge in [-0.3, -0.25) is 4.98 Å². The van der Waals surface area contributed by atoms with Gasteiger partial charge in [-0.1, -0.05) is 0 Å². The maximum absolute atomic E-state index is 10.7. The predicted molar refractivity (Wildman–Crippen MR) is 49.7 cm³/mol. The summed E-state index contributed by atoms with van der Waals surface area (Å²) in [6.45, 7) is 0. The van der Waals surface area contributed by atoms with E-state index in [9.17, 15) is 4.79 Å². The molecule has 0 aliphatic carbocycles. The summed E-state index contributed by atoms with van der Waals surface area (Å²) < 4.78 is 4.42. The van der Waals surface area contributed by atoms with E-state index in [2.05, 4.69) is 9.72 Å². The molecule has 0 spiro atoms. The summed E-state index contributed by atoms with van der Waals surface area (Å²) >= 11 is 0. The number of carbonyl (C=O) groups excluding carboxylic acids is 1. The van der Waals surface area contributed by atoms with Crippen LogP contribution < -0.4 is 5.73 Å². The number of nitrogens with zero attached hydrogens (tertiary/aromatic N) is 1. The number of pyridine rings is 1. The Morgan fingerprint density at radius 1 is 1.69 bits per heavy atom. The summed E-state index contributed by atoms with van der Waals surface area (Å²) in [6, 6.07) is 3.44. The second-order valence-electron chi connectivity index (χ2n) is 2.33. The summed E-state index contributed by atoms with van der Waals surface area (Å²) in [4.78, 5) is 14.7. The molecule has 13 heavy (non-hydrogen) atoms. The highest BCUT2D eigenvalue weighted by Crippen LogP contribution is 2.08. The quantitative estimate of drug-likeness (QED) is 0.538. The number of esters is 1. The number of carbonyl (C=O) groups is 1. The summed E-state index contributed by atoms with van der Waals surface area (Å²) in [7, 11) is 1.31. The third kappa shape index (κ3) is 2.59. The highest BCUT2D eigenvalue weighted by Gasteiger charge is 1.95. The molecule has 0 amide bonds. The highest BCUT2D eigenvalue weighted by molar-refractivity contribution is 5.87. The van der Waals surface area contributed by atoms with Crippen LogP contribution in [-0.2, 0) is 9.53 Å². The lowest BCUT2D eigenvalue weighted by molar-refractivity contribution is -0.134. The minimum absolute atomic E-state index is 0.426. The van der Waals surface area contributed by atoms with Gasteiger partial charge < -0.3 is 10.5 Å². The maximum atomic E-state index is 10.7. The second-order valence-corrected chi connectivity index (χ2v) is 2.33. The van der Waals surface area contributed by atoms with Crippen LogP contribution in [0, 0.1) is 0 Å². The molecule has 0 aliphatic heterocycles. The van der Waals surface area contributed by atoms with Gasteiger partial charge in [0.25, 0.3) is 0 Å². The number of nitrogen functional groups attached to an aromatic ring is 1. The van der Waals surface area contributed by atoms with Gasteiger partial charge in [0.1, 0.15) is 0 Å². The third-order valence-corrected chi connectivity index (χ3v) is 1.45. The van der Waals surface area contributed by atoms with E-state index in [1.165, 1.54) is 19.3 Å². The predicted octanol–water partition coefficient (Wildman–Crippen LogP) is 0.850. The highest BCUT2D eigenvalue weighted by atomic mass is 16.5. The number of hydrogen-bond donors (Lipinski definition) is 1. The molecule has 2 N–H and O–H groups in total. The molecule has 0 aliphatic rings. The van der Waals surface area contributed by atoms with Gasteiger partial charge in [0, 0.05) is 12.3 Å². The van der Waals surface area contributed by atoms with Crippen molar-refractivity contribution in [2.24, 2.45) is 0 Å². The lowest BCUT2D eigenvalue weighted by atomic mass is 10.3. The van der Waals surface area contributed by atoms with Gasteiger partial charge in [-0.25, -0.2) is 4.79 Å². The normalized spacial score (nSPS) is 10.2. The van der Waals surface area contributed by atoms with E-state index in [0.29, 0.717) is 11.4 Å². The van der Waals surface area contributed by atoms with Crippen LogP contribution >= 0.6 is 0 Å². The number of methoxy groups -OCH3 is 1. The number of ether oxygens (including phenoxy) is 1. The Morgan fingerprint density at radius 3 is 3.08 bits per heavy atom. The zero-order valence-electron chi connectivity index (χ0n) is 7.23. The zero-order valence-corrected chi connectivity index (χ0v) is 7.23. The molecule has 0 unspecified atom stereocenters. The summed E-state index contributed by atoms with van der Waals surface area (Å²) in [5, 5.41) is 0. The molecule has 0 radical (unpaired) electrons. The van der Waals surface area contributed by atoms with Crippen molar-refractivity contribution in [3.8, 4) is 0 Å². The smallest absolute Gasteiger partial charge is 0.330 e. The average molecular weight is 178 g/mol. The first-order chi connectivity index (χ1) is 6.24. The van der Waals surface area contributed by atoms with Crippen LogP contribution in [0.4, 0.5) is 5.69 Å². The Balaban J connectivity index is 2.80. The molecular formula is C9H10N2O2. The van der Waals surface area contributed by atoms with Gasteiger partial charge in [0.15, 0.2) is 0 Å². The lowest BCUT2D eigenvalue weighted by Gasteiger charge is -1.96. The molecular weight excluding hydrogens is 168 g/mol. The number of rotatable bonds is 2. The monoisotopic (exact) mass is 178 g/mol. The fourth-order valence-electron chi connectivity index (χ4n) is 0.784. The number of hydrogen-bond acceptors (Lipinski definition) is 4. The average Bonchev–Trinajstić information content (AvgIpc) is 2.16. The molecule has 4 nitrogen and oxygen atoms in total. The molecule has 0 saturated heterocycles. The van der Waals surface area contributed by atoms with E-state index in [4.69, 9.17) is 5.73 Å². The SMILES string of the molecule is COC(=O)C=Cc1ncccc1N. The van der Waals surface area contributed by atoms with E-state index in [1.807, 2.05) is 0 Å². The molecule has 0 saturated carbocycles. The van der Waals surface area contributed by atoms with Gasteiger partial charge in [-0.2, -0.15) is 0 Å². The van der Waals surface area contributed by atoms with Crippen LogP contribution in [0.5, 0.6) is 0 Å². The van der Waals surface area contributed by atoms with E-state index in [0.717, 1.165) is 0 Å².